The molecule has 1 aromatic carbocycles. The molecule has 1 aliphatic heterocycles. The maximum Gasteiger partial charge on any atom is 0.337 e. The minimum absolute atomic E-state index is 0.185. The first-order chi connectivity index (χ1) is 10.6. The third-order valence-corrected chi connectivity index (χ3v) is 3.68. The summed E-state index contributed by atoms with van der Waals surface area (Å²) in [7, 11) is 2.83. The van der Waals surface area contributed by atoms with Gasteiger partial charge < -0.3 is 24.2 Å². The Balaban J connectivity index is 1.92. The first kappa shape index (κ1) is 16.6. The normalized spacial score (nSPS) is 16.3. The van der Waals surface area contributed by atoms with Crippen LogP contribution in [0.4, 0.5) is 0 Å². The highest BCUT2D eigenvalue weighted by atomic mass is 16.5. The summed E-state index contributed by atoms with van der Waals surface area (Å²) in [4.78, 5) is 13.7. The van der Waals surface area contributed by atoms with Crippen molar-refractivity contribution in [1.82, 2.24) is 4.90 Å². The average Bonchev–Trinajstić information content (AvgIpc) is 3.04. The van der Waals surface area contributed by atoms with Crippen molar-refractivity contribution in [3.8, 4) is 11.5 Å². The summed E-state index contributed by atoms with van der Waals surface area (Å²) in [5, 5.41) is 10.0. The highest BCUT2D eigenvalue weighted by Gasteiger charge is 2.17. The molecule has 0 aromatic heterocycles. The Kier molecular flexibility index (Phi) is 6.03. The van der Waals surface area contributed by atoms with Gasteiger partial charge in [-0.25, -0.2) is 4.79 Å². The number of rotatable bonds is 7. The molecule has 0 radical (unpaired) electrons. The molecule has 22 heavy (non-hydrogen) atoms. The molecule has 0 aliphatic carbocycles. The van der Waals surface area contributed by atoms with Gasteiger partial charge in [0.25, 0.3) is 0 Å². The molecule has 1 atom stereocenters. The van der Waals surface area contributed by atoms with Crippen molar-refractivity contribution in [3.05, 3.63) is 23.8 Å². The van der Waals surface area contributed by atoms with E-state index in [1.54, 1.807) is 18.2 Å². The maximum atomic E-state index is 11.5. The van der Waals surface area contributed by atoms with E-state index in [2.05, 4.69) is 9.64 Å². The molecule has 1 fully saturated rings. The second-order valence-electron chi connectivity index (χ2n) is 5.33. The van der Waals surface area contributed by atoms with E-state index < -0.39 is 12.1 Å². The first-order valence-electron chi connectivity index (χ1n) is 7.43. The fourth-order valence-corrected chi connectivity index (χ4v) is 2.53. The Hall–Kier alpha value is -1.79. The van der Waals surface area contributed by atoms with Gasteiger partial charge in [0.05, 0.1) is 19.8 Å². The zero-order chi connectivity index (χ0) is 15.9. The summed E-state index contributed by atoms with van der Waals surface area (Å²) in [6.07, 6.45) is 1.83. The second kappa shape index (κ2) is 8.00. The Labute approximate surface area is 130 Å². The van der Waals surface area contributed by atoms with E-state index in [-0.39, 0.29) is 6.61 Å². The minimum atomic E-state index is -0.553. The molecule has 122 valence electrons. The number of ether oxygens (including phenoxy) is 3. The van der Waals surface area contributed by atoms with Crippen molar-refractivity contribution in [2.45, 2.75) is 18.9 Å². The fraction of sp³-hybridized carbons (Fsp3) is 0.562. The summed E-state index contributed by atoms with van der Waals surface area (Å²) in [6, 6.07) is 4.82. The van der Waals surface area contributed by atoms with Crippen LogP contribution in [0.15, 0.2) is 18.2 Å². The van der Waals surface area contributed by atoms with Gasteiger partial charge in [-0.2, -0.15) is 0 Å². The number of nitrogens with zero attached hydrogens (tertiary/aromatic N) is 1. The van der Waals surface area contributed by atoms with Gasteiger partial charge in [0.2, 0.25) is 0 Å². The number of hydrogen-bond donors (Lipinski definition) is 1. The molecule has 0 amide bonds. The van der Waals surface area contributed by atoms with Crippen LogP contribution < -0.4 is 9.47 Å². The summed E-state index contributed by atoms with van der Waals surface area (Å²) < 4.78 is 15.5. The van der Waals surface area contributed by atoms with E-state index in [4.69, 9.17) is 9.47 Å². The van der Waals surface area contributed by atoms with Gasteiger partial charge >= 0.3 is 5.97 Å². The molecule has 0 saturated carbocycles. The van der Waals surface area contributed by atoms with E-state index in [1.807, 2.05) is 0 Å². The second-order valence-corrected chi connectivity index (χ2v) is 5.33. The van der Waals surface area contributed by atoms with Crippen LogP contribution in [0.2, 0.25) is 0 Å². The van der Waals surface area contributed by atoms with Gasteiger partial charge in [-0.1, -0.05) is 0 Å². The van der Waals surface area contributed by atoms with Gasteiger partial charge in [-0.15, -0.1) is 0 Å². The lowest BCUT2D eigenvalue weighted by Gasteiger charge is -2.20. The minimum Gasteiger partial charge on any atom is -0.493 e. The van der Waals surface area contributed by atoms with Crippen molar-refractivity contribution < 1.29 is 24.1 Å². The molecule has 6 nitrogen and oxygen atoms in total. The number of carbonyl (C=O) groups is 1. The molecule has 1 aliphatic rings. The average molecular weight is 309 g/mol. The molecule has 0 unspecified atom stereocenters. The fourth-order valence-electron chi connectivity index (χ4n) is 2.53. The lowest BCUT2D eigenvalue weighted by Crippen LogP contribution is -2.33. The van der Waals surface area contributed by atoms with Crippen LogP contribution in [-0.4, -0.2) is 62.5 Å². The van der Waals surface area contributed by atoms with Gasteiger partial charge in [0.1, 0.15) is 12.7 Å². The lowest BCUT2D eigenvalue weighted by atomic mass is 10.2. The Morgan fingerprint density at radius 1 is 1.27 bits per heavy atom. The van der Waals surface area contributed by atoms with Crippen LogP contribution in [0.25, 0.3) is 0 Å². The number of aliphatic hydroxyl groups is 1. The quantitative estimate of drug-likeness (QED) is 0.766. The van der Waals surface area contributed by atoms with Gasteiger partial charge in [-0.05, 0) is 44.1 Å². The topological polar surface area (TPSA) is 68.2 Å². The van der Waals surface area contributed by atoms with Crippen LogP contribution in [0.5, 0.6) is 11.5 Å². The van der Waals surface area contributed by atoms with Crippen LogP contribution in [0, 0.1) is 0 Å². The molecule has 0 spiro atoms. The smallest absolute Gasteiger partial charge is 0.337 e. The van der Waals surface area contributed by atoms with Crippen molar-refractivity contribution in [1.29, 1.82) is 0 Å². The van der Waals surface area contributed by atoms with E-state index in [0.29, 0.717) is 23.6 Å². The van der Waals surface area contributed by atoms with E-state index in [0.717, 1.165) is 13.1 Å². The summed E-state index contributed by atoms with van der Waals surface area (Å²) >= 11 is 0. The predicted molar refractivity (Wildman–Crippen MR) is 81.5 cm³/mol. The van der Waals surface area contributed by atoms with E-state index in [1.165, 1.54) is 27.1 Å². The number of β-amino-alcohol motifs (C(OH)–C–C–N with tert-alkyl or cyclic N) is 1. The van der Waals surface area contributed by atoms with Gasteiger partial charge in [0.15, 0.2) is 11.5 Å². The third kappa shape index (κ3) is 4.35. The Morgan fingerprint density at radius 2 is 2.00 bits per heavy atom. The Morgan fingerprint density at radius 3 is 2.64 bits per heavy atom. The van der Waals surface area contributed by atoms with E-state index in [9.17, 15) is 9.90 Å². The SMILES string of the molecule is COC(=O)c1ccc(OC[C@@H](O)CN2CCCC2)c(OC)c1. The van der Waals surface area contributed by atoms with Crippen molar-refractivity contribution in [3.63, 3.8) is 0 Å². The number of hydrogen-bond acceptors (Lipinski definition) is 6. The number of esters is 1. The molecule has 1 saturated heterocycles. The lowest BCUT2D eigenvalue weighted by molar-refractivity contribution is 0.0599. The number of likely N-dealkylation sites (tertiary alicyclic amines) is 1. The molecule has 1 heterocycles. The zero-order valence-corrected chi connectivity index (χ0v) is 13.1. The molecule has 0 bridgehead atoms. The van der Waals surface area contributed by atoms with Crippen molar-refractivity contribution >= 4 is 5.97 Å². The van der Waals surface area contributed by atoms with Crippen LogP contribution in [0.3, 0.4) is 0 Å². The Bertz CT molecular complexity index is 499. The van der Waals surface area contributed by atoms with Crippen molar-refractivity contribution in [2.24, 2.45) is 0 Å². The predicted octanol–water partition coefficient (Wildman–Crippen LogP) is 1.32. The molecule has 2 rings (SSSR count). The van der Waals surface area contributed by atoms with Crippen LogP contribution in [-0.2, 0) is 4.74 Å². The monoisotopic (exact) mass is 309 g/mol. The molecule has 1 N–H and O–H groups in total. The third-order valence-electron chi connectivity index (χ3n) is 3.68. The van der Waals surface area contributed by atoms with Crippen LogP contribution >= 0.6 is 0 Å². The molecular formula is C16H23NO5. The van der Waals surface area contributed by atoms with Crippen LogP contribution in [0.1, 0.15) is 23.2 Å². The number of carbonyl (C=O) groups excluding carboxylic acids is 1. The molecule has 1 aromatic rings. The van der Waals surface area contributed by atoms with E-state index >= 15 is 0 Å². The number of benzene rings is 1. The highest BCUT2D eigenvalue weighted by Crippen LogP contribution is 2.28. The summed E-state index contributed by atoms with van der Waals surface area (Å²) in [5.41, 5.74) is 0.393. The standard InChI is InChI=1S/C16H23NO5/c1-20-15-9-12(16(19)21-2)5-6-14(15)22-11-13(18)10-17-7-3-4-8-17/h5-6,9,13,18H,3-4,7-8,10-11H2,1-2H3/t13-/m0/s1. The zero-order valence-electron chi connectivity index (χ0n) is 13.1. The van der Waals surface area contributed by atoms with Gasteiger partial charge in [-0.3, -0.25) is 0 Å². The maximum absolute atomic E-state index is 11.5. The first-order valence-corrected chi connectivity index (χ1v) is 7.43. The number of methoxy groups -OCH3 is 2. The van der Waals surface area contributed by atoms with Crippen molar-refractivity contribution in [2.75, 3.05) is 40.5 Å². The number of aliphatic hydroxyl groups excluding tert-OH is 1. The van der Waals surface area contributed by atoms with Gasteiger partial charge in [0, 0.05) is 6.54 Å². The summed E-state index contributed by atoms with van der Waals surface area (Å²) in [5.74, 6) is 0.505. The molecular weight excluding hydrogens is 286 g/mol. The largest absolute Gasteiger partial charge is 0.493 e. The highest BCUT2D eigenvalue weighted by molar-refractivity contribution is 5.90. The molecule has 6 heteroatoms. The summed E-state index contributed by atoms with van der Waals surface area (Å²) in [6.45, 7) is 2.87.